The molecule has 4 heteroatoms. The van der Waals surface area contributed by atoms with E-state index in [-0.39, 0.29) is 6.10 Å². The molecule has 3 rings (SSSR count). The molecule has 1 aromatic heterocycles. The lowest BCUT2D eigenvalue weighted by atomic mass is 9.99. The number of aliphatic hydroxyl groups is 1. The Kier molecular flexibility index (Phi) is 4.19. The summed E-state index contributed by atoms with van der Waals surface area (Å²) >= 11 is 0. The van der Waals surface area contributed by atoms with Crippen LogP contribution >= 0.6 is 0 Å². The zero-order chi connectivity index (χ0) is 14.8. The average molecular weight is 286 g/mol. The molecule has 0 aliphatic carbocycles. The molecule has 4 nitrogen and oxygen atoms in total. The zero-order valence-corrected chi connectivity index (χ0v) is 12.6. The summed E-state index contributed by atoms with van der Waals surface area (Å²) in [5.41, 5.74) is 0.851. The van der Waals surface area contributed by atoms with Gasteiger partial charge in [0.05, 0.1) is 6.61 Å². The summed E-state index contributed by atoms with van der Waals surface area (Å²) in [4.78, 5) is 6.60. The highest BCUT2D eigenvalue weighted by molar-refractivity contribution is 5.84. The Labute approximate surface area is 125 Å². The maximum absolute atomic E-state index is 10.8. The minimum Gasteiger partial charge on any atom is -0.386 e. The molecule has 2 atom stereocenters. The Hall–Kier alpha value is -1.49. The molecule has 0 saturated carbocycles. The van der Waals surface area contributed by atoms with E-state index in [1.165, 1.54) is 0 Å². The Balaban J connectivity index is 1.88. The van der Waals surface area contributed by atoms with Crippen molar-refractivity contribution in [2.75, 3.05) is 19.7 Å². The first-order chi connectivity index (χ1) is 10.2. The summed E-state index contributed by atoms with van der Waals surface area (Å²) in [6, 6.07) is 8.48. The van der Waals surface area contributed by atoms with Gasteiger partial charge in [-0.1, -0.05) is 24.3 Å². The Bertz CT molecular complexity index is 609. The highest BCUT2D eigenvalue weighted by Gasteiger charge is 2.29. The van der Waals surface area contributed by atoms with Crippen LogP contribution in [-0.2, 0) is 4.74 Å². The number of aliphatic hydroxyl groups excluding tert-OH is 1. The van der Waals surface area contributed by atoms with Crippen molar-refractivity contribution in [3.8, 4) is 0 Å². The summed E-state index contributed by atoms with van der Waals surface area (Å²) in [5.74, 6) is 0. The van der Waals surface area contributed by atoms with Gasteiger partial charge < -0.3 is 9.84 Å². The molecule has 1 aliphatic rings. The van der Waals surface area contributed by atoms with Gasteiger partial charge in [0.15, 0.2) is 0 Å². The van der Waals surface area contributed by atoms with E-state index in [1.807, 2.05) is 30.5 Å². The highest BCUT2D eigenvalue weighted by atomic mass is 16.5. The number of hydrogen-bond acceptors (Lipinski definition) is 4. The minimum absolute atomic E-state index is 0.200. The SMILES string of the molecule is CC(C)N1CCOC(C(O)c2cncc3ccccc23)C1. The normalized spacial score (nSPS) is 21.8. The van der Waals surface area contributed by atoms with Crippen LogP contribution in [0, 0.1) is 0 Å². The van der Waals surface area contributed by atoms with Crippen molar-refractivity contribution in [1.82, 2.24) is 9.88 Å². The van der Waals surface area contributed by atoms with Gasteiger partial charge in [0.2, 0.25) is 0 Å². The quantitative estimate of drug-likeness (QED) is 0.941. The van der Waals surface area contributed by atoms with E-state index in [0.29, 0.717) is 12.6 Å². The molecular formula is C17H22N2O2. The first-order valence-electron chi connectivity index (χ1n) is 7.53. The zero-order valence-electron chi connectivity index (χ0n) is 12.6. The van der Waals surface area contributed by atoms with Crippen LogP contribution in [0.2, 0.25) is 0 Å². The van der Waals surface area contributed by atoms with Crippen molar-refractivity contribution >= 4 is 10.8 Å². The topological polar surface area (TPSA) is 45.6 Å². The lowest BCUT2D eigenvalue weighted by molar-refractivity contribution is -0.0958. The number of ether oxygens (including phenoxy) is 1. The minimum atomic E-state index is -0.648. The van der Waals surface area contributed by atoms with Gasteiger partial charge in [-0.25, -0.2) is 0 Å². The smallest absolute Gasteiger partial charge is 0.108 e. The van der Waals surface area contributed by atoms with Gasteiger partial charge in [0, 0.05) is 42.5 Å². The van der Waals surface area contributed by atoms with E-state index in [4.69, 9.17) is 4.74 Å². The fourth-order valence-electron chi connectivity index (χ4n) is 2.93. The largest absolute Gasteiger partial charge is 0.386 e. The molecule has 2 heterocycles. The van der Waals surface area contributed by atoms with Crippen LogP contribution in [0.25, 0.3) is 10.8 Å². The maximum atomic E-state index is 10.8. The van der Waals surface area contributed by atoms with Gasteiger partial charge >= 0.3 is 0 Å². The van der Waals surface area contributed by atoms with E-state index in [9.17, 15) is 5.11 Å². The predicted molar refractivity (Wildman–Crippen MR) is 83.2 cm³/mol. The van der Waals surface area contributed by atoms with Crippen LogP contribution < -0.4 is 0 Å². The Morgan fingerprint density at radius 2 is 2.10 bits per heavy atom. The maximum Gasteiger partial charge on any atom is 0.108 e. The van der Waals surface area contributed by atoms with Crippen LogP contribution in [0.15, 0.2) is 36.7 Å². The number of fused-ring (bicyclic) bond motifs is 1. The molecule has 0 radical (unpaired) electrons. The molecule has 1 saturated heterocycles. The lowest BCUT2D eigenvalue weighted by Crippen LogP contribution is -2.47. The second kappa shape index (κ2) is 6.10. The first kappa shape index (κ1) is 14.4. The fourth-order valence-corrected chi connectivity index (χ4v) is 2.93. The molecule has 1 fully saturated rings. The number of hydrogen-bond donors (Lipinski definition) is 1. The third-order valence-corrected chi connectivity index (χ3v) is 4.23. The Morgan fingerprint density at radius 1 is 1.29 bits per heavy atom. The van der Waals surface area contributed by atoms with Crippen molar-refractivity contribution < 1.29 is 9.84 Å². The van der Waals surface area contributed by atoms with Gasteiger partial charge in [-0.05, 0) is 19.2 Å². The molecule has 2 aromatic rings. The van der Waals surface area contributed by atoms with E-state index in [1.54, 1.807) is 6.20 Å². The van der Waals surface area contributed by atoms with E-state index in [0.717, 1.165) is 29.4 Å². The van der Waals surface area contributed by atoms with Gasteiger partial charge in [0.1, 0.15) is 12.2 Å². The second-order valence-electron chi connectivity index (χ2n) is 5.89. The molecule has 0 bridgehead atoms. The van der Waals surface area contributed by atoms with E-state index >= 15 is 0 Å². The van der Waals surface area contributed by atoms with Crippen LogP contribution in [0.1, 0.15) is 25.5 Å². The standard InChI is InChI=1S/C17H22N2O2/c1-12(2)19-7-8-21-16(11-19)17(20)15-10-18-9-13-5-3-4-6-14(13)15/h3-6,9-10,12,16-17,20H,7-8,11H2,1-2H3. The van der Waals surface area contributed by atoms with Crippen molar-refractivity contribution in [2.24, 2.45) is 0 Å². The molecule has 0 amide bonds. The third-order valence-electron chi connectivity index (χ3n) is 4.23. The van der Waals surface area contributed by atoms with Gasteiger partial charge in [0.25, 0.3) is 0 Å². The molecule has 2 unspecified atom stereocenters. The van der Waals surface area contributed by atoms with E-state index < -0.39 is 6.10 Å². The molecule has 1 aliphatic heterocycles. The van der Waals surface area contributed by atoms with Crippen LogP contribution in [0.3, 0.4) is 0 Å². The summed E-state index contributed by atoms with van der Waals surface area (Å²) in [6.45, 7) is 6.69. The van der Waals surface area contributed by atoms with Crippen molar-refractivity contribution in [1.29, 1.82) is 0 Å². The number of benzene rings is 1. The van der Waals surface area contributed by atoms with E-state index in [2.05, 4.69) is 23.7 Å². The predicted octanol–water partition coefficient (Wildman–Crippen LogP) is 2.38. The first-order valence-corrected chi connectivity index (χ1v) is 7.53. The second-order valence-corrected chi connectivity index (χ2v) is 5.89. The highest BCUT2D eigenvalue weighted by Crippen LogP contribution is 2.28. The molecule has 1 N–H and O–H groups in total. The fraction of sp³-hybridized carbons (Fsp3) is 0.471. The lowest BCUT2D eigenvalue weighted by Gasteiger charge is -2.37. The van der Waals surface area contributed by atoms with Gasteiger partial charge in [-0.15, -0.1) is 0 Å². The molecule has 112 valence electrons. The van der Waals surface area contributed by atoms with Crippen molar-refractivity contribution in [2.45, 2.75) is 32.1 Å². The number of morpholine rings is 1. The van der Waals surface area contributed by atoms with Crippen molar-refractivity contribution in [3.05, 3.63) is 42.2 Å². The number of nitrogens with zero attached hydrogens (tertiary/aromatic N) is 2. The summed E-state index contributed by atoms with van der Waals surface area (Å²) < 4.78 is 5.80. The van der Waals surface area contributed by atoms with Crippen LogP contribution in [-0.4, -0.2) is 46.8 Å². The summed E-state index contributed by atoms with van der Waals surface area (Å²) in [5, 5.41) is 12.8. The molecule has 1 aromatic carbocycles. The van der Waals surface area contributed by atoms with Gasteiger partial charge in [-0.2, -0.15) is 0 Å². The number of aromatic nitrogens is 1. The van der Waals surface area contributed by atoms with Gasteiger partial charge in [-0.3, -0.25) is 9.88 Å². The summed E-state index contributed by atoms with van der Waals surface area (Å²) in [7, 11) is 0. The monoisotopic (exact) mass is 286 g/mol. The third kappa shape index (κ3) is 2.93. The molecule has 0 spiro atoms. The van der Waals surface area contributed by atoms with Crippen LogP contribution in [0.5, 0.6) is 0 Å². The number of pyridine rings is 1. The van der Waals surface area contributed by atoms with Crippen molar-refractivity contribution in [3.63, 3.8) is 0 Å². The molecular weight excluding hydrogens is 264 g/mol. The van der Waals surface area contributed by atoms with Crippen LogP contribution in [0.4, 0.5) is 0 Å². The average Bonchev–Trinajstić information content (AvgIpc) is 2.53. The Morgan fingerprint density at radius 3 is 2.90 bits per heavy atom. The molecule has 21 heavy (non-hydrogen) atoms. The number of rotatable bonds is 3. The summed E-state index contributed by atoms with van der Waals surface area (Å²) in [6.07, 6.45) is 2.73.